The van der Waals surface area contributed by atoms with Crippen LogP contribution in [0.4, 0.5) is 0 Å². The van der Waals surface area contributed by atoms with Crippen molar-refractivity contribution in [2.75, 3.05) is 13.7 Å². The molecule has 1 fully saturated rings. The number of methoxy groups -OCH3 is 1. The Labute approximate surface area is 169 Å². The van der Waals surface area contributed by atoms with E-state index < -0.39 is 55.0 Å². The summed E-state index contributed by atoms with van der Waals surface area (Å²) in [5.41, 5.74) is 0. The van der Waals surface area contributed by atoms with Crippen LogP contribution in [0.2, 0.25) is 0 Å². The van der Waals surface area contributed by atoms with Crippen LogP contribution < -0.4 is 9.47 Å². The van der Waals surface area contributed by atoms with Gasteiger partial charge >= 0.3 is 23.8 Å². The van der Waals surface area contributed by atoms with E-state index in [4.69, 9.17) is 24.0 Å². The lowest BCUT2D eigenvalue weighted by molar-refractivity contribution is -0.115. The lowest BCUT2D eigenvalue weighted by atomic mass is 10.1. The first-order valence-electron chi connectivity index (χ1n) is 7.84. The smallest absolute Gasteiger partial charge is 0.497 e. The number of hydrogen-bond acceptors (Lipinski definition) is 12. The summed E-state index contributed by atoms with van der Waals surface area (Å²) in [5.74, 6) is 0.782. The minimum atomic E-state index is -5.46. The van der Waals surface area contributed by atoms with Crippen LogP contribution in [0.15, 0.2) is 24.3 Å². The summed E-state index contributed by atoms with van der Waals surface area (Å²) in [4.78, 5) is 44.8. The number of phosphoric acid groups is 2. The van der Waals surface area contributed by atoms with Crippen molar-refractivity contribution in [2.45, 2.75) is 24.6 Å². The number of hydrogen-bond donors (Lipinski definition) is 7. The van der Waals surface area contributed by atoms with Crippen molar-refractivity contribution < 1.29 is 71.2 Å². The molecule has 2 rings (SSSR count). The molecule has 18 heteroatoms. The van der Waals surface area contributed by atoms with E-state index in [9.17, 15) is 34.0 Å². The molecular formula is C12H20O15P3+. The largest absolute Gasteiger partial charge is 0.591 e. The predicted octanol–water partition coefficient (Wildman–Crippen LogP) is -0.574. The van der Waals surface area contributed by atoms with Crippen LogP contribution >= 0.6 is 23.8 Å². The van der Waals surface area contributed by atoms with Gasteiger partial charge in [-0.15, -0.1) is 0 Å². The zero-order chi connectivity index (χ0) is 22.7. The van der Waals surface area contributed by atoms with Crippen LogP contribution in [-0.4, -0.2) is 73.0 Å². The van der Waals surface area contributed by atoms with Crippen LogP contribution in [-0.2, 0) is 27.0 Å². The second-order valence-electron chi connectivity index (χ2n) is 5.73. The van der Waals surface area contributed by atoms with E-state index in [0.29, 0.717) is 5.75 Å². The summed E-state index contributed by atoms with van der Waals surface area (Å²) in [6.07, 6.45) is -6.02. The molecule has 2 unspecified atom stereocenters. The highest BCUT2D eigenvalue weighted by molar-refractivity contribution is 7.70. The van der Waals surface area contributed by atoms with Crippen molar-refractivity contribution in [3.8, 4) is 11.5 Å². The van der Waals surface area contributed by atoms with Gasteiger partial charge in [0.25, 0.3) is 0 Å². The molecule has 30 heavy (non-hydrogen) atoms. The van der Waals surface area contributed by atoms with Gasteiger partial charge in [-0.25, -0.2) is 9.13 Å². The molecule has 0 saturated carbocycles. The van der Waals surface area contributed by atoms with Crippen molar-refractivity contribution in [3.63, 3.8) is 0 Å². The fourth-order valence-electron chi connectivity index (χ4n) is 2.22. The standard InChI is InChI=1S/C12H19O15P3/c1-22-7-2-4-8(5-3-7)24-12-11(14)10(13)9(25-12)6-23-29(18,19)27-30(20,21)26-28(15,16)17/h2-5,9-14,20-21H,6H2,1H3,(H2-,15,16,17,18,19)/p+1/t9-,10-,11-,12?/m1/s1. The summed E-state index contributed by atoms with van der Waals surface area (Å²) >= 11 is 0. The molecule has 1 aliphatic heterocycles. The first-order chi connectivity index (χ1) is 13.7. The van der Waals surface area contributed by atoms with Gasteiger partial charge < -0.3 is 39.1 Å². The molecule has 1 aromatic carbocycles. The van der Waals surface area contributed by atoms with Gasteiger partial charge in [-0.2, -0.15) is 9.79 Å². The van der Waals surface area contributed by atoms with Crippen molar-refractivity contribution >= 4 is 23.8 Å². The van der Waals surface area contributed by atoms with E-state index >= 15 is 0 Å². The quantitative estimate of drug-likeness (QED) is 0.201. The number of benzene rings is 1. The van der Waals surface area contributed by atoms with E-state index in [-0.39, 0.29) is 5.75 Å². The highest BCUT2D eigenvalue weighted by Crippen LogP contribution is 2.71. The number of phosphoric ester groups is 1. The third-order valence-electron chi connectivity index (χ3n) is 3.45. The van der Waals surface area contributed by atoms with Gasteiger partial charge in [0.1, 0.15) is 29.8 Å². The topological polar surface area (TPSA) is 231 Å². The summed E-state index contributed by atoms with van der Waals surface area (Å²) < 4.78 is 49.6. The molecule has 15 nitrogen and oxygen atoms in total. The maximum absolute atomic E-state index is 11.7. The molecule has 1 aromatic rings. The Balaban J connectivity index is 1.93. The van der Waals surface area contributed by atoms with Crippen molar-refractivity contribution in [3.05, 3.63) is 24.3 Å². The zero-order valence-electron chi connectivity index (χ0n) is 15.1. The average molecular weight is 497 g/mol. The molecule has 0 radical (unpaired) electrons. The van der Waals surface area contributed by atoms with E-state index in [1.54, 1.807) is 12.1 Å². The Kier molecular flexibility index (Phi) is 8.36. The summed E-state index contributed by atoms with van der Waals surface area (Å²) in [6.45, 7) is -0.912. The Morgan fingerprint density at radius 2 is 1.57 bits per heavy atom. The fourth-order valence-corrected chi connectivity index (χ4v) is 5.31. The third kappa shape index (κ3) is 7.75. The minimum Gasteiger partial charge on any atom is -0.497 e. The second kappa shape index (κ2) is 9.82. The monoisotopic (exact) mass is 497 g/mol. The van der Waals surface area contributed by atoms with Gasteiger partial charge in [0.2, 0.25) is 6.29 Å². The van der Waals surface area contributed by atoms with E-state index in [1.165, 1.54) is 19.2 Å². The highest BCUT2D eigenvalue weighted by Gasteiger charge is 2.55. The van der Waals surface area contributed by atoms with E-state index in [2.05, 4.69) is 13.1 Å². The molecule has 1 saturated heterocycles. The third-order valence-corrected chi connectivity index (χ3v) is 7.31. The van der Waals surface area contributed by atoms with E-state index in [0.717, 1.165) is 0 Å². The normalized spacial score (nSPS) is 26.9. The predicted molar refractivity (Wildman–Crippen MR) is 95.6 cm³/mol. The molecule has 1 aliphatic rings. The summed E-state index contributed by atoms with van der Waals surface area (Å²) in [5, 5.41) is 20.0. The van der Waals surface area contributed by atoms with Crippen molar-refractivity contribution in [1.29, 1.82) is 0 Å². The molecule has 0 aliphatic carbocycles. The molecule has 7 N–H and O–H groups in total. The zero-order valence-corrected chi connectivity index (χ0v) is 17.7. The lowest BCUT2D eigenvalue weighted by Crippen LogP contribution is -2.35. The van der Waals surface area contributed by atoms with Crippen molar-refractivity contribution in [1.82, 2.24) is 0 Å². The van der Waals surface area contributed by atoms with Crippen LogP contribution in [0, 0.1) is 0 Å². The summed E-state index contributed by atoms with van der Waals surface area (Å²) in [6, 6.07) is 6.11. The Bertz CT molecular complexity index is 795. The fraction of sp³-hybridized carbons (Fsp3) is 0.500. The Morgan fingerprint density at radius 1 is 1.00 bits per heavy atom. The maximum Gasteiger partial charge on any atom is 0.591 e. The van der Waals surface area contributed by atoms with Gasteiger partial charge in [-0.05, 0) is 32.9 Å². The van der Waals surface area contributed by atoms with Gasteiger partial charge in [0.15, 0.2) is 0 Å². The van der Waals surface area contributed by atoms with Crippen LogP contribution in [0.3, 0.4) is 0 Å². The summed E-state index contributed by atoms with van der Waals surface area (Å²) in [7, 11) is -14.8. The molecule has 0 amide bonds. The molecule has 1 heterocycles. The van der Waals surface area contributed by atoms with Crippen molar-refractivity contribution in [2.24, 2.45) is 0 Å². The average Bonchev–Trinajstić information content (AvgIpc) is 2.85. The first kappa shape index (κ1) is 25.5. The first-order valence-corrected chi connectivity index (χ1v) is 12.4. The van der Waals surface area contributed by atoms with Gasteiger partial charge in [0.05, 0.1) is 13.7 Å². The molecular weight excluding hydrogens is 477 g/mol. The molecule has 5 atom stereocenters. The van der Waals surface area contributed by atoms with E-state index in [1.807, 2.05) is 0 Å². The lowest BCUT2D eigenvalue weighted by Gasteiger charge is -2.17. The Morgan fingerprint density at radius 3 is 2.10 bits per heavy atom. The molecule has 0 bridgehead atoms. The Hall–Kier alpha value is -0.730. The maximum atomic E-state index is 11.7. The van der Waals surface area contributed by atoms with Crippen LogP contribution in [0.5, 0.6) is 11.5 Å². The molecule has 172 valence electrons. The number of aliphatic hydroxyl groups is 2. The number of ether oxygens (including phenoxy) is 3. The minimum absolute atomic E-state index is 0.245. The van der Waals surface area contributed by atoms with Gasteiger partial charge in [-0.1, -0.05) is 0 Å². The molecule has 0 spiro atoms. The number of aliphatic hydroxyl groups excluding tert-OH is 2. The van der Waals surface area contributed by atoms with Crippen LogP contribution in [0.25, 0.3) is 0 Å². The second-order valence-corrected chi connectivity index (χ2v) is 10.2. The number of rotatable bonds is 10. The van der Waals surface area contributed by atoms with Gasteiger partial charge in [0, 0.05) is 0 Å². The van der Waals surface area contributed by atoms with Crippen LogP contribution in [0.1, 0.15) is 0 Å². The highest BCUT2D eigenvalue weighted by atomic mass is 31.3. The van der Waals surface area contributed by atoms with Gasteiger partial charge in [-0.3, -0.25) is 4.52 Å². The molecule has 0 aromatic heterocycles. The SMILES string of the molecule is COc1ccc(OC2O[C@H](COP(=O)(O)O[P+](O)(O)OP(=O)(O)O)[C@@H](O)[C@H]2O)cc1.